The van der Waals surface area contributed by atoms with E-state index in [4.69, 9.17) is 27.4 Å². The molecular formula is C25H26FN4O5+. The minimum Gasteiger partial charge on any atom is -0.375 e. The zero-order valence-electron chi connectivity index (χ0n) is 19.2. The van der Waals surface area contributed by atoms with Crippen molar-refractivity contribution in [2.75, 3.05) is 38.3 Å². The average molecular weight is 482 g/mol. The Morgan fingerprint density at radius 1 is 1.26 bits per heavy atom. The van der Waals surface area contributed by atoms with Gasteiger partial charge < -0.3 is 25.8 Å². The van der Waals surface area contributed by atoms with Gasteiger partial charge in [0.1, 0.15) is 30.8 Å². The molecule has 0 aromatic heterocycles. The molecule has 10 heteroatoms. The van der Waals surface area contributed by atoms with Crippen LogP contribution in [0.5, 0.6) is 0 Å². The molecule has 2 aromatic rings. The third kappa shape index (κ3) is 3.65. The number of likely N-dealkylation sites (tertiary alicyclic amines) is 1. The van der Waals surface area contributed by atoms with E-state index < -0.39 is 33.9 Å². The molecule has 2 aliphatic heterocycles. The zero-order chi connectivity index (χ0) is 25.4. The number of primary amides is 2. The normalized spacial score (nSPS) is 26.4. The number of carbonyl (C=O) groups is 3. The van der Waals surface area contributed by atoms with Gasteiger partial charge in [0.2, 0.25) is 5.54 Å². The number of ether oxygens (including phenoxy) is 2. The molecule has 0 aliphatic carbocycles. The largest absolute Gasteiger partial charge is 0.420 e. The summed E-state index contributed by atoms with van der Waals surface area (Å²) < 4.78 is 25.7. The van der Waals surface area contributed by atoms with Gasteiger partial charge in [-0.3, -0.25) is 9.59 Å². The monoisotopic (exact) mass is 481 g/mol. The number of quaternary nitrogens is 1. The second-order valence-electron chi connectivity index (χ2n) is 8.57. The topological polar surface area (TPSA) is 125 Å². The molecular weight excluding hydrogens is 455 g/mol. The summed E-state index contributed by atoms with van der Waals surface area (Å²) in [7, 11) is 1.43. The number of hydrogen-bond donors (Lipinski definition) is 2. The third-order valence-electron chi connectivity index (χ3n) is 6.94. The van der Waals surface area contributed by atoms with Gasteiger partial charge in [-0.15, -0.1) is 6.42 Å². The average Bonchev–Trinajstić information content (AvgIpc) is 3.22. The molecule has 0 saturated carbocycles. The van der Waals surface area contributed by atoms with E-state index in [1.54, 1.807) is 24.3 Å². The smallest absolute Gasteiger partial charge is 0.375 e. The summed E-state index contributed by atoms with van der Waals surface area (Å²) >= 11 is 0. The van der Waals surface area contributed by atoms with Crippen molar-refractivity contribution >= 4 is 29.2 Å². The Balaban J connectivity index is 1.94. The van der Waals surface area contributed by atoms with Crippen LogP contribution in [-0.2, 0) is 24.6 Å². The summed E-state index contributed by atoms with van der Waals surface area (Å²) in [5, 5.41) is 0. The minimum atomic E-state index is -1.91. The number of carbonyl (C=O) groups excluding carboxylic acids is 3. The number of nitrogens with two attached hydrogens (primary N) is 2. The van der Waals surface area contributed by atoms with E-state index in [9.17, 15) is 14.4 Å². The number of nitrogens with zero attached hydrogens (tertiary/aromatic N) is 2. The Bertz CT molecular complexity index is 1230. The maximum absolute atomic E-state index is 15.9. The van der Waals surface area contributed by atoms with Crippen LogP contribution in [-0.4, -0.2) is 57.4 Å². The van der Waals surface area contributed by atoms with Crippen molar-refractivity contribution in [3.63, 3.8) is 0 Å². The first kappa shape index (κ1) is 24.3. The molecule has 0 spiro atoms. The van der Waals surface area contributed by atoms with E-state index in [0.29, 0.717) is 23.5 Å². The fourth-order valence-corrected chi connectivity index (χ4v) is 5.25. The van der Waals surface area contributed by atoms with Crippen LogP contribution in [0.4, 0.5) is 20.6 Å². The van der Waals surface area contributed by atoms with Gasteiger partial charge >= 0.3 is 6.03 Å². The van der Waals surface area contributed by atoms with Crippen LogP contribution in [0.25, 0.3) is 0 Å². The second-order valence-corrected chi connectivity index (χ2v) is 8.57. The highest BCUT2D eigenvalue weighted by Gasteiger charge is 2.69. The molecule has 1 unspecified atom stereocenters. The summed E-state index contributed by atoms with van der Waals surface area (Å²) in [5.41, 5.74) is 11.1. The molecule has 2 saturated heterocycles. The highest BCUT2D eigenvalue weighted by atomic mass is 19.1. The van der Waals surface area contributed by atoms with E-state index in [1.807, 2.05) is 0 Å². The molecule has 0 radical (unpaired) electrons. The maximum Gasteiger partial charge on any atom is 0.420 e. The Kier molecular flexibility index (Phi) is 6.34. The summed E-state index contributed by atoms with van der Waals surface area (Å²) in [6, 6.07) is 9.51. The minimum absolute atomic E-state index is 0.0483. The van der Waals surface area contributed by atoms with Gasteiger partial charge in [-0.25, -0.2) is 9.18 Å². The first-order chi connectivity index (χ1) is 16.7. The van der Waals surface area contributed by atoms with Gasteiger partial charge in [0.15, 0.2) is 0 Å². The van der Waals surface area contributed by atoms with Crippen molar-refractivity contribution in [2.24, 2.45) is 11.5 Å². The Morgan fingerprint density at radius 2 is 1.97 bits per heavy atom. The molecule has 2 fully saturated rings. The Labute approximate surface area is 202 Å². The van der Waals surface area contributed by atoms with E-state index in [0.717, 1.165) is 6.07 Å². The number of hydrogen-bond acceptors (Lipinski definition) is 5. The number of halogens is 1. The number of rotatable bonds is 5. The van der Waals surface area contributed by atoms with Crippen LogP contribution < -0.4 is 20.9 Å². The lowest BCUT2D eigenvalue weighted by Gasteiger charge is -2.43. The first-order valence-electron chi connectivity index (χ1n) is 11.0. The van der Waals surface area contributed by atoms with E-state index >= 15 is 4.39 Å². The van der Waals surface area contributed by atoms with Gasteiger partial charge in [-0.2, -0.15) is 4.48 Å². The van der Waals surface area contributed by atoms with Crippen LogP contribution >= 0.6 is 0 Å². The molecule has 182 valence electrons. The van der Waals surface area contributed by atoms with E-state index in [2.05, 4.69) is 5.92 Å². The zero-order valence-corrected chi connectivity index (χ0v) is 19.2. The summed E-state index contributed by atoms with van der Waals surface area (Å²) in [6.45, 7) is 0.408. The number of morpholine rings is 1. The summed E-state index contributed by atoms with van der Waals surface area (Å²) in [4.78, 5) is 40.1. The number of terminal acetylenes is 1. The van der Waals surface area contributed by atoms with E-state index in [-0.39, 0.29) is 37.6 Å². The lowest BCUT2D eigenvalue weighted by Crippen LogP contribution is -2.70. The third-order valence-corrected chi connectivity index (χ3v) is 6.94. The molecule has 0 bridgehead atoms. The highest BCUT2D eigenvalue weighted by Crippen LogP contribution is 2.50. The van der Waals surface area contributed by atoms with Crippen molar-refractivity contribution in [1.29, 1.82) is 0 Å². The Hall–Kier alpha value is -3.78. The number of anilines is 1. The number of benzene rings is 2. The maximum atomic E-state index is 15.9. The molecule has 2 aliphatic rings. The fraction of sp³-hybridized carbons (Fsp3) is 0.320. The van der Waals surface area contributed by atoms with Crippen molar-refractivity contribution in [1.82, 2.24) is 4.48 Å². The number of amides is 4. The standard InChI is InChI=1S/C25H25FN4O5/c1-3-16-4-7-18(8-5-16)30(24(28)33)14-19(34-2)13-25(30,23(27)32)20-9-6-17(12-21(20)26)29-10-11-35-15-22(29)31/h1,4-9,12,19H,10-11,13-15H2,2H3,(H3-,27,28,32,33)/p+1/t19-,25-,30?/m1/s1. The number of methoxy groups -OCH3 is 1. The molecule has 4 rings (SSSR count). The van der Waals surface area contributed by atoms with Crippen molar-refractivity contribution in [3.8, 4) is 12.3 Å². The molecule has 35 heavy (non-hydrogen) atoms. The van der Waals surface area contributed by atoms with Crippen molar-refractivity contribution in [3.05, 3.63) is 59.4 Å². The molecule has 2 aromatic carbocycles. The lowest BCUT2D eigenvalue weighted by atomic mass is 9.82. The predicted octanol–water partition coefficient (Wildman–Crippen LogP) is 1.36. The predicted molar refractivity (Wildman–Crippen MR) is 126 cm³/mol. The van der Waals surface area contributed by atoms with Crippen molar-refractivity contribution < 1.29 is 28.2 Å². The lowest BCUT2D eigenvalue weighted by molar-refractivity contribution is -0.128. The fourth-order valence-electron chi connectivity index (χ4n) is 5.25. The van der Waals surface area contributed by atoms with Crippen LogP contribution in [0.2, 0.25) is 0 Å². The van der Waals surface area contributed by atoms with Gasteiger partial charge in [-0.05, 0) is 30.3 Å². The van der Waals surface area contributed by atoms with Gasteiger partial charge in [0.05, 0.1) is 12.2 Å². The van der Waals surface area contributed by atoms with Gasteiger partial charge in [0.25, 0.3) is 11.8 Å². The molecule has 3 atom stereocenters. The first-order valence-corrected chi connectivity index (χ1v) is 11.0. The van der Waals surface area contributed by atoms with Crippen LogP contribution in [0, 0.1) is 18.2 Å². The van der Waals surface area contributed by atoms with Crippen LogP contribution in [0.1, 0.15) is 17.5 Å². The Morgan fingerprint density at radius 3 is 2.51 bits per heavy atom. The highest BCUT2D eigenvalue weighted by molar-refractivity contribution is 6.00. The number of urea groups is 1. The van der Waals surface area contributed by atoms with Gasteiger partial charge in [-0.1, -0.05) is 5.92 Å². The molecule has 9 nitrogen and oxygen atoms in total. The van der Waals surface area contributed by atoms with Crippen LogP contribution in [0.15, 0.2) is 42.5 Å². The second kappa shape index (κ2) is 9.11. The molecule has 4 N–H and O–H groups in total. The quantitative estimate of drug-likeness (QED) is 0.493. The molecule has 4 amide bonds. The molecule has 2 heterocycles. The van der Waals surface area contributed by atoms with Gasteiger partial charge in [0, 0.05) is 43.5 Å². The van der Waals surface area contributed by atoms with Crippen molar-refractivity contribution in [2.45, 2.75) is 18.1 Å². The SMILES string of the molecule is C#Cc1ccc([N+]2(C(N)=O)C[C@H](OC)C[C@]2(C(N)=O)c2ccc(N3CCOCC3=O)cc2F)cc1. The van der Waals surface area contributed by atoms with E-state index in [1.165, 1.54) is 24.1 Å². The van der Waals surface area contributed by atoms with Crippen LogP contribution in [0.3, 0.4) is 0 Å². The summed E-state index contributed by atoms with van der Waals surface area (Å²) in [6.07, 6.45) is 4.73. The summed E-state index contributed by atoms with van der Waals surface area (Å²) in [5.74, 6) is 0.432.